The summed E-state index contributed by atoms with van der Waals surface area (Å²) in [5.41, 5.74) is -0.0578. The number of aliphatic hydroxyl groups excluding tert-OH is 3. The maximum Gasteiger partial charge on any atom is 0.264 e. The maximum atomic E-state index is 10.8. The number of nitrogens with one attached hydrogen (secondary N) is 1. The zero-order chi connectivity index (χ0) is 11.7. The van der Waals surface area contributed by atoms with E-state index in [0.717, 1.165) is 0 Å². The van der Waals surface area contributed by atoms with Gasteiger partial charge >= 0.3 is 0 Å². The van der Waals surface area contributed by atoms with Gasteiger partial charge in [0.1, 0.15) is 24.4 Å². The van der Waals surface area contributed by atoms with Crippen LogP contribution in [0.2, 0.25) is 0 Å². The zero-order valence-corrected chi connectivity index (χ0v) is 8.28. The van der Waals surface area contributed by atoms with Gasteiger partial charge in [0.15, 0.2) is 0 Å². The molecule has 0 spiro atoms. The van der Waals surface area contributed by atoms with Crippen molar-refractivity contribution in [2.75, 3.05) is 6.61 Å². The molecule has 1 aromatic rings. The second kappa shape index (κ2) is 4.30. The smallest absolute Gasteiger partial charge is 0.264 e. The van der Waals surface area contributed by atoms with Gasteiger partial charge in [-0.2, -0.15) is 5.10 Å². The lowest BCUT2D eigenvalue weighted by Crippen LogP contribution is -2.32. The van der Waals surface area contributed by atoms with Crippen LogP contribution in [-0.2, 0) is 4.74 Å². The fraction of sp³-hybridized carbons (Fsp3) is 0.556. The lowest BCUT2D eigenvalue weighted by Gasteiger charge is -2.12. The van der Waals surface area contributed by atoms with Crippen molar-refractivity contribution >= 4 is 0 Å². The molecule has 7 heteroatoms. The number of nitrogens with zero attached hydrogens (tertiary/aromatic N) is 1. The minimum absolute atomic E-state index is 0.308. The van der Waals surface area contributed by atoms with Crippen molar-refractivity contribution in [3.63, 3.8) is 0 Å². The van der Waals surface area contributed by atoms with Crippen LogP contribution in [0.1, 0.15) is 11.8 Å². The Morgan fingerprint density at radius 3 is 2.62 bits per heavy atom. The largest absolute Gasteiger partial charge is 0.394 e. The van der Waals surface area contributed by atoms with Crippen molar-refractivity contribution in [3.8, 4) is 0 Å². The monoisotopic (exact) mass is 228 g/mol. The first-order valence-corrected chi connectivity index (χ1v) is 4.81. The Hall–Kier alpha value is -1.28. The van der Waals surface area contributed by atoms with Gasteiger partial charge in [0.25, 0.3) is 5.56 Å². The second-order valence-corrected chi connectivity index (χ2v) is 3.60. The molecule has 1 aromatic heterocycles. The Labute approximate surface area is 90.3 Å². The molecule has 7 nitrogen and oxygen atoms in total. The predicted octanol–water partition coefficient (Wildman–Crippen LogP) is -2.08. The van der Waals surface area contributed by atoms with Crippen LogP contribution in [0, 0.1) is 0 Å². The van der Waals surface area contributed by atoms with Gasteiger partial charge in [-0.25, -0.2) is 5.10 Å². The Morgan fingerprint density at radius 2 is 2.12 bits per heavy atom. The van der Waals surface area contributed by atoms with Crippen LogP contribution in [0.15, 0.2) is 16.9 Å². The van der Waals surface area contributed by atoms with E-state index in [9.17, 15) is 15.0 Å². The molecule has 0 amide bonds. The Bertz CT molecular complexity index is 400. The highest BCUT2D eigenvalue weighted by molar-refractivity contribution is 5.09. The summed E-state index contributed by atoms with van der Waals surface area (Å²) in [4.78, 5) is 10.8. The van der Waals surface area contributed by atoms with E-state index in [1.165, 1.54) is 12.1 Å². The van der Waals surface area contributed by atoms with Crippen molar-refractivity contribution < 1.29 is 20.1 Å². The third kappa shape index (κ3) is 1.85. The van der Waals surface area contributed by atoms with Crippen LogP contribution < -0.4 is 5.56 Å². The minimum Gasteiger partial charge on any atom is -0.394 e. The molecule has 2 rings (SSSR count). The number of ether oxygens (including phenoxy) is 1. The van der Waals surface area contributed by atoms with Gasteiger partial charge < -0.3 is 20.1 Å². The normalized spacial score (nSPS) is 34.2. The number of aromatic amines is 1. The second-order valence-electron chi connectivity index (χ2n) is 3.60. The number of rotatable bonds is 2. The van der Waals surface area contributed by atoms with Gasteiger partial charge in [-0.1, -0.05) is 0 Å². The molecule has 0 saturated carbocycles. The van der Waals surface area contributed by atoms with Gasteiger partial charge in [0.2, 0.25) is 0 Å². The van der Waals surface area contributed by atoms with Crippen molar-refractivity contribution in [3.05, 3.63) is 28.2 Å². The molecule has 0 aromatic carbocycles. The quantitative estimate of drug-likeness (QED) is 0.462. The highest BCUT2D eigenvalue weighted by Gasteiger charge is 2.43. The van der Waals surface area contributed by atoms with Crippen molar-refractivity contribution in [2.24, 2.45) is 0 Å². The molecular weight excluding hydrogens is 216 g/mol. The van der Waals surface area contributed by atoms with E-state index < -0.39 is 31.0 Å². The highest BCUT2D eigenvalue weighted by atomic mass is 16.6. The van der Waals surface area contributed by atoms with Gasteiger partial charge in [-0.15, -0.1) is 0 Å². The first kappa shape index (κ1) is 11.2. The standard InChI is InChI=1S/C9H12N2O5/c12-3-5-7(14)8(15)9(16-5)4-1-2-6(13)11-10-4/h1-2,5,7-9,12,14-15H,3H2,(H,11,13)/t5-,7-,8-,9+/m1/s1. The molecule has 0 bridgehead atoms. The van der Waals surface area contributed by atoms with Crippen LogP contribution in [0.4, 0.5) is 0 Å². The van der Waals surface area contributed by atoms with Gasteiger partial charge in [-0.05, 0) is 6.07 Å². The average molecular weight is 228 g/mol. The highest BCUT2D eigenvalue weighted by Crippen LogP contribution is 2.31. The molecule has 0 radical (unpaired) electrons. The number of aliphatic hydroxyl groups is 3. The minimum atomic E-state index is -1.17. The lowest BCUT2D eigenvalue weighted by molar-refractivity contribution is -0.0242. The van der Waals surface area contributed by atoms with E-state index in [1.54, 1.807) is 0 Å². The Morgan fingerprint density at radius 1 is 1.38 bits per heavy atom. The maximum absolute atomic E-state index is 10.8. The molecule has 2 heterocycles. The van der Waals surface area contributed by atoms with Crippen LogP contribution in [-0.4, -0.2) is 50.4 Å². The lowest BCUT2D eigenvalue weighted by atomic mass is 10.1. The van der Waals surface area contributed by atoms with Crippen LogP contribution in [0.3, 0.4) is 0 Å². The fourth-order valence-corrected chi connectivity index (χ4v) is 1.66. The topological polar surface area (TPSA) is 116 Å². The van der Waals surface area contributed by atoms with E-state index >= 15 is 0 Å². The molecular formula is C9H12N2O5. The SMILES string of the molecule is O=c1ccc([C@@H]2O[C@H](CO)[C@@H](O)[C@H]2O)n[nH]1. The molecule has 4 N–H and O–H groups in total. The number of H-pyrrole nitrogens is 1. The number of aromatic nitrogens is 2. The predicted molar refractivity (Wildman–Crippen MR) is 51.6 cm³/mol. The summed E-state index contributed by atoms with van der Waals surface area (Å²) in [6, 6.07) is 2.65. The number of hydrogen-bond donors (Lipinski definition) is 4. The van der Waals surface area contributed by atoms with Crippen LogP contribution in [0.25, 0.3) is 0 Å². The third-order valence-electron chi connectivity index (χ3n) is 2.53. The molecule has 0 unspecified atom stereocenters. The van der Waals surface area contributed by atoms with Gasteiger partial charge in [-0.3, -0.25) is 4.79 Å². The van der Waals surface area contributed by atoms with E-state index in [-0.39, 0.29) is 5.56 Å². The summed E-state index contributed by atoms with van der Waals surface area (Å²) in [7, 11) is 0. The van der Waals surface area contributed by atoms with Crippen LogP contribution in [0.5, 0.6) is 0 Å². The molecule has 1 aliphatic rings. The summed E-state index contributed by atoms with van der Waals surface area (Å²) in [6.45, 7) is -0.391. The van der Waals surface area contributed by atoms with Gasteiger partial charge in [0, 0.05) is 6.07 Å². The van der Waals surface area contributed by atoms with E-state index in [4.69, 9.17) is 9.84 Å². The molecule has 1 fully saturated rings. The zero-order valence-electron chi connectivity index (χ0n) is 8.28. The first-order chi connectivity index (χ1) is 7.63. The van der Waals surface area contributed by atoms with Gasteiger partial charge in [0.05, 0.1) is 12.3 Å². The van der Waals surface area contributed by atoms with E-state index in [0.29, 0.717) is 5.69 Å². The summed E-state index contributed by atoms with van der Waals surface area (Å²) in [5, 5.41) is 34.0. The number of hydrogen-bond acceptors (Lipinski definition) is 6. The van der Waals surface area contributed by atoms with Crippen molar-refractivity contribution in [2.45, 2.75) is 24.4 Å². The van der Waals surface area contributed by atoms with Crippen molar-refractivity contribution in [1.82, 2.24) is 10.2 Å². The molecule has 88 valence electrons. The fourth-order valence-electron chi connectivity index (χ4n) is 1.66. The first-order valence-electron chi connectivity index (χ1n) is 4.81. The summed E-state index contributed by atoms with van der Waals surface area (Å²) >= 11 is 0. The summed E-state index contributed by atoms with van der Waals surface area (Å²) in [6.07, 6.45) is -4.02. The molecule has 0 aliphatic carbocycles. The summed E-state index contributed by atoms with van der Waals surface area (Å²) in [5.74, 6) is 0. The molecule has 4 atom stereocenters. The summed E-state index contributed by atoms with van der Waals surface area (Å²) < 4.78 is 5.23. The average Bonchev–Trinajstić information content (AvgIpc) is 2.57. The third-order valence-corrected chi connectivity index (χ3v) is 2.53. The van der Waals surface area contributed by atoms with E-state index in [2.05, 4.69) is 10.2 Å². The molecule has 16 heavy (non-hydrogen) atoms. The van der Waals surface area contributed by atoms with E-state index in [1.807, 2.05) is 0 Å². The molecule has 1 saturated heterocycles. The van der Waals surface area contributed by atoms with Crippen molar-refractivity contribution in [1.29, 1.82) is 0 Å². The van der Waals surface area contributed by atoms with Crippen LogP contribution >= 0.6 is 0 Å². The Balaban J connectivity index is 2.22. The Kier molecular flexibility index (Phi) is 3.01. The molecule has 1 aliphatic heterocycles.